The van der Waals surface area contributed by atoms with Gasteiger partial charge in [0.15, 0.2) is 0 Å². The molecule has 306 valence electrons. The van der Waals surface area contributed by atoms with E-state index in [0.29, 0.717) is 0 Å². The van der Waals surface area contributed by atoms with Crippen LogP contribution in [0.5, 0.6) is 0 Å². The minimum atomic E-state index is -0.336. The van der Waals surface area contributed by atoms with E-state index in [4.69, 9.17) is 9.31 Å². The molecule has 0 saturated carbocycles. The zero-order valence-corrected chi connectivity index (χ0v) is 39.4. The van der Waals surface area contributed by atoms with Crippen molar-refractivity contribution in [3.63, 3.8) is 0 Å². The molecule has 11 rings (SSSR count). The molecule has 6 nitrogen and oxygen atoms in total. The maximum atomic E-state index is 6.19. The van der Waals surface area contributed by atoms with Crippen LogP contribution in [0.1, 0.15) is 27.7 Å². The molecular formula is C52H42BBr3N4O2. The van der Waals surface area contributed by atoms with E-state index in [0.717, 1.165) is 41.6 Å². The van der Waals surface area contributed by atoms with Crippen molar-refractivity contribution in [2.45, 2.75) is 38.9 Å². The lowest BCUT2D eigenvalue weighted by molar-refractivity contribution is 0.00578. The molecule has 0 radical (unpaired) electrons. The van der Waals surface area contributed by atoms with E-state index >= 15 is 0 Å². The molecule has 1 aliphatic heterocycles. The first kappa shape index (κ1) is 42.0. The smallest absolute Gasteiger partial charge is 0.399 e. The number of rotatable bonds is 4. The Labute approximate surface area is 387 Å². The number of hydrogen-bond acceptors (Lipinski definition) is 4. The Balaban J connectivity index is 0.000000135. The van der Waals surface area contributed by atoms with Crippen molar-refractivity contribution in [1.82, 2.24) is 19.1 Å². The molecule has 62 heavy (non-hydrogen) atoms. The zero-order valence-electron chi connectivity index (χ0n) is 34.6. The topological polar surface area (TPSA) is 54.1 Å². The third kappa shape index (κ3) is 8.30. The van der Waals surface area contributed by atoms with Gasteiger partial charge in [-0.2, -0.15) is 0 Å². The molecule has 0 amide bonds. The molecule has 0 aliphatic carbocycles. The Bertz CT molecular complexity index is 3020. The van der Waals surface area contributed by atoms with Gasteiger partial charge in [0.25, 0.3) is 0 Å². The first-order valence-electron chi connectivity index (χ1n) is 20.4. The van der Waals surface area contributed by atoms with Gasteiger partial charge in [0, 0.05) is 59.8 Å². The normalized spacial score (nSPS) is 14.1. The van der Waals surface area contributed by atoms with E-state index in [1.807, 2.05) is 30.5 Å². The van der Waals surface area contributed by atoms with Crippen molar-refractivity contribution in [3.05, 3.63) is 196 Å². The summed E-state index contributed by atoms with van der Waals surface area (Å²) in [6.07, 6.45) is 3.57. The number of nitrogens with zero attached hydrogens (tertiary/aromatic N) is 4. The van der Waals surface area contributed by atoms with Gasteiger partial charge >= 0.3 is 7.12 Å². The first-order valence-corrected chi connectivity index (χ1v) is 22.8. The van der Waals surface area contributed by atoms with Crippen LogP contribution < -0.4 is 5.46 Å². The van der Waals surface area contributed by atoms with Crippen LogP contribution in [0.4, 0.5) is 0 Å². The molecule has 4 aromatic heterocycles. The van der Waals surface area contributed by atoms with Crippen molar-refractivity contribution in [3.8, 4) is 22.6 Å². The van der Waals surface area contributed by atoms with Crippen molar-refractivity contribution in [2.75, 3.05) is 0 Å². The highest BCUT2D eigenvalue weighted by Gasteiger charge is 2.51. The summed E-state index contributed by atoms with van der Waals surface area (Å²) in [6, 6.07) is 59.2. The van der Waals surface area contributed by atoms with Crippen LogP contribution >= 0.6 is 47.8 Å². The summed E-state index contributed by atoms with van der Waals surface area (Å²) in [4.78, 5) is 8.44. The van der Waals surface area contributed by atoms with E-state index in [9.17, 15) is 0 Å². The highest BCUT2D eigenvalue weighted by Crippen LogP contribution is 2.37. The fraction of sp³-hybridized carbons (Fsp3) is 0.115. The standard InChI is InChI=1S/C24H24BNO2.C23H15BrN2.C5H3Br2N/c1-23(2)24(3,4)28-25(27-23)17-13-15-18(16-14-17)26-21-11-7-5-9-19(21)20-10-6-8-12-22(20)26;24-17-11-14-21(25-15-17)16-9-12-18(13-10-16)26-22-7-3-1-5-19(22)20-6-2-4-8-23(20)26;6-4-1-2-5(7)8-3-4/h5-16H,1-4H3;1-15H;1-3H. The minimum Gasteiger partial charge on any atom is -0.399 e. The highest BCUT2D eigenvalue weighted by molar-refractivity contribution is 9.11. The van der Waals surface area contributed by atoms with Crippen LogP contribution in [-0.4, -0.2) is 37.4 Å². The molecule has 0 atom stereocenters. The quantitative estimate of drug-likeness (QED) is 0.130. The predicted molar refractivity (Wildman–Crippen MR) is 268 cm³/mol. The summed E-state index contributed by atoms with van der Waals surface area (Å²) in [7, 11) is -0.336. The van der Waals surface area contributed by atoms with Crippen LogP contribution in [0.2, 0.25) is 0 Å². The van der Waals surface area contributed by atoms with Crippen LogP contribution in [-0.2, 0) is 9.31 Å². The molecule has 1 saturated heterocycles. The van der Waals surface area contributed by atoms with E-state index in [2.05, 4.69) is 240 Å². The van der Waals surface area contributed by atoms with Gasteiger partial charge in [-0.1, -0.05) is 97.1 Å². The van der Waals surface area contributed by atoms with E-state index < -0.39 is 0 Å². The molecule has 1 aliphatic rings. The van der Waals surface area contributed by atoms with Gasteiger partial charge in [0.2, 0.25) is 0 Å². The van der Waals surface area contributed by atoms with Crippen molar-refractivity contribution in [1.29, 1.82) is 0 Å². The summed E-state index contributed by atoms with van der Waals surface area (Å²) in [5.41, 5.74) is 9.64. The van der Waals surface area contributed by atoms with Crippen molar-refractivity contribution in [2.24, 2.45) is 0 Å². The van der Waals surface area contributed by atoms with Gasteiger partial charge in [0.1, 0.15) is 4.60 Å². The monoisotopic (exact) mass is 1000 g/mol. The number of pyridine rings is 2. The second-order valence-electron chi connectivity index (χ2n) is 16.1. The summed E-state index contributed by atoms with van der Waals surface area (Å²) in [5.74, 6) is 0. The third-order valence-electron chi connectivity index (χ3n) is 11.7. The second-order valence-corrected chi connectivity index (χ2v) is 18.8. The lowest BCUT2D eigenvalue weighted by Crippen LogP contribution is -2.41. The van der Waals surface area contributed by atoms with Gasteiger partial charge in [-0.05, 0) is 154 Å². The van der Waals surface area contributed by atoms with E-state index in [1.165, 1.54) is 43.6 Å². The van der Waals surface area contributed by atoms with Gasteiger partial charge in [-0.15, -0.1) is 0 Å². The van der Waals surface area contributed by atoms with Gasteiger partial charge in [-0.25, -0.2) is 4.98 Å². The number of hydrogen-bond donors (Lipinski definition) is 0. The maximum absolute atomic E-state index is 6.19. The second kappa shape index (κ2) is 17.4. The van der Waals surface area contributed by atoms with Gasteiger partial charge < -0.3 is 18.4 Å². The molecule has 0 unspecified atom stereocenters. The Morgan fingerprint density at radius 3 is 1.19 bits per heavy atom. The molecule has 0 N–H and O–H groups in total. The molecule has 5 heterocycles. The summed E-state index contributed by atoms with van der Waals surface area (Å²) in [5, 5.41) is 5.10. The number of halogens is 3. The lowest BCUT2D eigenvalue weighted by atomic mass is 9.79. The van der Waals surface area contributed by atoms with Crippen LogP contribution in [0.25, 0.3) is 66.2 Å². The lowest BCUT2D eigenvalue weighted by Gasteiger charge is -2.32. The average molecular weight is 1010 g/mol. The Morgan fingerprint density at radius 1 is 0.435 bits per heavy atom. The summed E-state index contributed by atoms with van der Waals surface area (Å²) in [6.45, 7) is 8.33. The molecule has 1 fully saturated rings. The predicted octanol–water partition coefficient (Wildman–Crippen LogP) is 14.3. The molecular weight excluding hydrogens is 963 g/mol. The molecule has 6 aromatic carbocycles. The SMILES string of the molecule is Brc1ccc(-c2ccc(-n3c4ccccc4c4ccccc43)cc2)nc1.Brc1ccc(Br)nc1.CC1(C)OB(c2ccc(-n3c4ccccc4c4ccccc43)cc2)OC1(C)C. The highest BCUT2D eigenvalue weighted by atomic mass is 79.9. The Kier molecular flexibility index (Phi) is 11.8. The van der Waals surface area contributed by atoms with Crippen molar-refractivity contribution >= 4 is 104 Å². The summed E-state index contributed by atoms with van der Waals surface area (Å²) < 4.78 is 19.9. The maximum Gasteiger partial charge on any atom is 0.494 e. The van der Waals surface area contributed by atoms with E-state index in [1.54, 1.807) is 6.20 Å². The fourth-order valence-corrected chi connectivity index (χ4v) is 8.55. The molecule has 10 heteroatoms. The average Bonchev–Trinajstić information content (AvgIpc) is 3.89. The van der Waals surface area contributed by atoms with E-state index in [-0.39, 0.29) is 18.3 Å². The van der Waals surface area contributed by atoms with Crippen molar-refractivity contribution < 1.29 is 9.31 Å². The molecule has 0 spiro atoms. The van der Waals surface area contributed by atoms with Gasteiger partial charge in [-0.3, -0.25) is 4.98 Å². The number of fused-ring (bicyclic) bond motifs is 6. The largest absolute Gasteiger partial charge is 0.494 e. The van der Waals surface area contributed by atoms with Crippen LogP contribution in [0, 0.1) is 0 Å². The third-order valence-corrected chi connectivity index (χ3v) is 13.1. The van der Waals surface area contributed by atoms with Crippen LogP contribution in [0.15, 0.2) is 196 Å². The number of aromatic nitrogens is 4. The summed E-state index contributed by atoms with van der Waals surface area (Å²) >= 11 is 9.91. The fourth-order valence-electron chi connectivity index (χ4n) is 7.85. The minimum absolute atomic E-state index is 0.330. The first-order chi connectivity index (χ1) is 30.0. The van der Waals surface area contributed by atoms with Crippen LogP contribution in [0.3, 0.4) is 0 Å². The Hall–Kier alpha value is -5.36. The zero-order chi connectivity index (χ0) is 43.0. The molecule has 0 bridgehead atoms. The Morgan fingerprint density at radius 2 is 0.823 bits per heavy atom. The number of para-hydroxylation sites is 4. The van der Waals surface area contributed by atoms with Gasteiger partial charge in [0.05, 0.1) is 39.0 Å². The molecule has 10 aromatic rings. The number of benzene rings is 6.